The van der Waals surface area contributed by atoms with Crippen molar-refractivity contribution in [2.45, 2.75) is 24.8 Å². The number of hydrogen-bond acceptors (Lipinski definition) is 6. The highest BCUT2D eigenvalue weighted by Gasteiger charge is 2.26. The van der Waals surface area contributed by atoms with Crippen LogP contribution in [0.3, 0.4) is 0 Å². The van der Waals surface area contributed by atoms with Crippen LogP contribution in [0.15, 0.2) is 23.1 Å². The van der Waals surface area contributed by atoms with E-state index < -0.39 is 0 Å². The van der Waals surface area contributed by atoms with Gasteiger partial charge in [0.25, 0.3) is 0 Å². The number of aromatic nitrogens is 5. The van der Waals surface area contributed by atoms with Gasteiger partial charge >= 0.3 is 0 Å². The number of nitrogens with zero attached hydrogens (tertiary/aromatic N) is 5. The quantitative estimate of drug-likeness (QED) is 0.606. The number of rotatable bonds is 3. The smallest absolute Gasteiger partial charge is 0.165 e. The van der Waals surface area contributed by atoms with Crippen molar-refractivity contribution in [3.8, 4) is 11.1 Å². The number of fused-ring (bicyclic) bond motifs is 1. The van der Waals surface area contributed by atoms with Crippen LogP contribution in [0.4, 0.5) is 5.82 Å². The lowest BCUT2D eigenvalue weighted by atomic mass is 9.92. The van der Waals surface area contributed by atoms with Gasteiger partial charge in [0.2, 0.25) is 0 Å². The van der Waals surface area contributed by atoms with E-state index in [2.05, 4.69) is 31.4 Å². The molecule has 132 valence electrons. The maximum Gasteiger partial charge on any atom is 0.165 e. The van der Waals surface area contributed by atoms with Gasteiger partial charge in [-0.1, -0.05) is 0 Å². The van der Waals surface area contributed by atoms with Crippen molar-refractivity contribution in [1.29, 1.82) is 0 Å². The number of nitrogen functional groups attached to an aromatic ring is 1. The molecule has 8 nitrogen and oxygen atoms in total. The lowest BCUT2D eigenvalue weighted by Gasteiger charge is -2.29. The van der Waals surface area contributed by atoms with Gasteiger partial charge in [0.1, 0.15) is 5.82 Å². The van der Waals surface area contributed by atoms with Crippen LogP contribution in [0.2, 0.25) is 0 Å². The summed E-state index contributed by atoms with van der Waals surface area (Å²) in [5.74, 6) is 0.778. The van der Waals surface area contributed by atoms with Crippen molar-refractivity contribution >= 4 is 27.4 Å². The fraction of sp³-hybridized carbons (Fsp3) is 0.438. The third-order valence-corrected chi connectivity index (χ3v) is 5.60. The Hall–Kier alpha value is -1.97. The van der Waals surface area contributed by atoms with Crippen LogP contribution in [-0.4, -0.2) is 48.7 Å². The maximum atomic E-state index is 9.30. The Kier molecular flexibility index (Phi) is 4.22. The number of aryl methyl sites for hydroxylation is 1. The summed E-state index contributed by atoms with van der Waals surface area (Å²) < 4.78 is 4.19. The molecule has 2 atom stereocenters. The van der Waals surface area contributed by atoms with Gasteiger partial charge in [0.15, 0.2) is 5.65 Å². The van der Waals surface area contributed by atoms with Crippen LogP contribution < -0.4 is 11.1 Å². The summed E-state index contributed by atoms with van der Waals surface area (Å²) in [6.45, 7) is 0.930. The monoisotopic (exact) mass is 405 g/mol. The Labute approximate surface area is 153 Å². The zero-order valence-corrected chi connectivity index (χ0v) is 15.4. The first kappa shape index (κ1) is 16.5. The minimum Gasteiger partial charge on any atom is -0.395 e. The van der Waals surface area contributed by atoms with Crippen molar-refractivity contribution in [2.75, 3.05) is 18.9 Å². The maximum absolute atomic E-state index is 9.30. The van der Waals surface area contributed by atoms with E-state index in [9.17, 15) is 5.11 Å². The molecular formula is C16H20BrN7O. The van der Waals surface area contributed by atoms with E-state index in [-0.39, 0.29) is 18.6 Å². The average Bonchev–Trinajstić information content (AvgIpc) is 3.24. The highest BCUT2D eigenvalue weighted by molar-refractivity contribution is 9.10. The van der Waals surface area contributed by atoms with Crippen LogP contribution in [0.25, 0.3) is 16.8 Å². The fourth-order valence-corrected chi connectivity index (χ4v) is 3.93. The van der Waals surface area contributed by atoms with E-state index in [1.807, 2.05) is 13.2 Å². The normalized spacial score (nSPS) is 21.1. The first-order valence-corrected chi connectivity index (χ1v) is 9.03. The summed E-state index contributed by atoms with van der Waals surface area (Å²) in [5, 5.41) is 21.3. The van der Waals surface area contributed by atoms with E-state index in [1.165, 1.54) is 0 Å². The van der Waals surface area contributed by atoms with Crippen LogP contribution >= 0.6 is 15.9 Å². The van der Waals surface area contributed by atoms with Gasteiger partial charge in [-0.05, 0) is 28.8 Å². The minimum atomic E-state index is 0.163. The molecule has 0 amide bonds. The second-order valence-corrected chi connectivity index (χ2v) is 7.25. The average molecular weight is 406 g/mol. The van der Waals surface area contributed by atoms with E-state index >= 15 is 0 Å². The number of nitrogens with two attached hydrogens (primary N) is 1. The number of anilines is 1. The molecule has 0 saturated carbocycles. The Morgan fingerprint density at radius 1 is 1.36 bits per heavy atom. The van der Waals surface area contributed by atoms with Gasteiger partial charge in [-0.15, -0.1) is 0 Å². The number of hydrogen-bond donors (Lipinski definition) is 3. The van der Waals surface area contributed by atoms with Crippen LogP contribution in [0, 0.1) is 0 Å². The van der Waals surface area contributed by atoms with E-state index in [1.54, 1.807) is 21.6 Å². The van der Waals surface area contributed by atoms with E-state index in [0.717, 1.165) is 46.3 Å². The van der Waals surface area contributed by atoms with Gasteiger partial charge in [0.05, 0.1) is 29.2 Å². The zero-order valence-electron chi connectivity index (χ0n) is 13.9. The van der Waals surface area contributed by atoms with Gasteiger partial charge in [-0.2, -0.15) is 14.7 Å². The molecule has 4 N–H and O–H groups in total. The lowest BCUT2D eigenvalue weighted by Crippen LogP contribution is -2.40. The molecule has 3 aromatic rings. The molecule has 1 aliphatic rings. The van der Waals surface area contributed by atoms with Gasteiger partial charge in [-0.25, -0.2) is 4.98 Å². The standard InChI is InChI=1S/C16H20BrN7O/c1-23-7-10(5-20-23)12-6-21-24-15(18)13(17)14(22-16(12)24)9-2-3-11(8-25)19-4-9/h5-7,9,11,19,25H,2-4,8,18H2,1H3/t9-,11-/m0/s1. The largest absolute Gasteiger partial charge is 0.395 e. The van der Waals surface area contributed by atoms with Crippen LogP contribution in [0.1, 0.15) is 24.5 Å². The molecule has 0 aliphatic carbocycles. The van der Waals surface area contributed by atoms with Crippen LogP contribution in [0.5, 0.6) is 0 Å². The molecule has 1 fully saturated rings. The van der Waals surface area contributed by atoms with Gasteiger partial charge < -0.3 is 16.2 Å². The molecule has 0 bridgehead atoms. The van der Waals surface area contributed by atoms with E-state index in [4.69, 9.17) is 10.7 Å². The van der Waals surface area contributed by atoms with E-state index in [0.29, 0.717) is 5.82 Å². The zero-order chi connectivity index (χ0) is 17.6. The summed E-state index contributed by atoms with van der Waals surface area (Å²) >= 11 is 3.60. The summed E-state index contributed by atoms with van der Waals surface area (Å²) in [7, 11) is 1.88. The second-order valence-electron chi connectivity index (χ2n) is 6.45. The minimum absolute atomic E-state index is 0.163. The fourth-order valence-electron chi connectivity index (χ4n) is 3.35. The number of nitrogens with one attached hydrogen (secondary N) is 1. The molecule has 9 heteroatoms. The number of halogens is 1. The molecule has 25 heavy (non-hydrogen) atoms. The van der Waals surface area contributed by atoms with Gasteiger partial charge in [-0.3, -0.25) is 4.68 Å². The Morgan fingerprint density at radius 3 is 2.84 bits per heavy atom. The molecule has 1 aliphatic heterocycles. The highest BCUT2D eigenvalue weighted by atomic mass is 79.9. The third kappa shape index (κ3) is 2.82. The molecule has 0 aromatic carbocycles. The first-order chi connectivity index (χ1) is 12.1. The number of aliphatic hydroxyl groups excluding tert-OH is 1. The molecule has 0 spiro atoms. The van der Waals surface area contributed by atoms with Crippen molar-refractivity contribution in [3.05, 3.63) is 28.8 Å². The van der Waals surface area contributed by atoms with Crippen molar-refractivity contribution in [3.63, 3.8) is 0 Å². The van der Waals surface area contributed by atoms with Crippen molar-refractivity contribution in [1.82, 2.24) is 29.7 Å². The van der Waals surface area contributed by atoms with Crippen molar-refractivity contribution < 1.29 is 5.11 Å². The van der Waals surface area contributed by atoms with Gasteiger partial charge in [0, 0.05) is 42.9 Å². The molecule has 4 heterocycles. The molecular weight excluding hydrogens is 386 g/mol. The number of aliphatic hydroxyl groups is 1. The summed E-state index contributed by atoms with van der Waals surface area (Å²) in [4.78, 5) is 4.89. The lowest BCUT2D eigenvalue weighted by molar-refractivity contribution is 0.212. The molecule has 3 aromatic heterocycles. The molecule has 4 rings (SSSR count). The van der Waals surface area contributed by atoms with Crippen LogP contribution in [-0.2, 0) is 7.05 Å². The second kappa shape index (κ2) is 6.40. The topological polar surface area (TPSA) is 106 Å². The highest BCUT2D eigenvalue weighted by Crippen LogP contribution is 2.35. The Bertz CT molecular complexity index is 911. The predicted molar refractivity (Wildman–Crippen MR) is 98.2 cm³/mol. The SMILES string of the molecule is Cn1cc(-c2cnn3c(N)c(Br)c([C@H]4CC[C@@H](CO)NC4)nc23)cn1. The number of piperidine rings is 1. The predicted octanol–water partition coefficient (Wildman–Crippen LogP) is 1.30. The summed E-state index contributed by atoms with van der Waals surface area (Å²) in [6, 6.07) is 0.164. The summed E-state index contributed by atoms with van der Waals surface area (Å²) in [5.41, 5.74) is 9.83. The summed E-state index contributed by atoms with van der Waals surface area (Å²) in [6.07, 6.45) is 7.37. The van der Waals surface area contributed by atoms with Crippen molar-refractivity contribution in [2.24, 2.45) is 7.05 Å². The molecule has 1 saturated heterocycles. The third-order valence-electron chi connectivity index (χ3n) is 4.79. The Morgan fingerprint density at radius 2 is 2.20 bits per heavy atom. The first-order valence-electron chi connectivity index (χ1n) is 8.24. The Balaban J connectivity index is 1.79. The molecule has 0 radical (unpaired) electrons. The molecule has 0 unspecified atom stereocenters.